The number of anilines is 1. The summed E-state index contributed by atoms with van der Waals surface area (Å²) in [4.78, 5) is 2.25. The third kappa shape index (κ3) is 2.69. The van der Waals surface area contributed by atoms with Crippen molar-refractivity contribution in [3.8, 4) is 0 Å². The van der Waals surface area contributed by atoms with E-state index in [0.29, 0.717) is 4.77 Å². The van der Waals surface area contributed by atoms with Gasteiger partial charge in [0.25, 0.3) is 0 Å². The van der Waals surface area contributed by atoms with Crippen molar-refractivity contribution in [3.05, 3.63) is 4.77 Å². The molecule has 6 heteroatoms. The van der Waals surface area contributed by atoms with Crippen LogP contribution in [0.15, 0.2) is 0 Å². The SMILES string of the molecule is CCCn1c(N2CC(C)OC(C)C2)n[nH]c1=S. The lowest BCUT2D eigenvalue weighted by molar-refractivity contribution is -0.00592. The molecule has 1 aromatic rings. The molecular weight excluding hydrogens is 236 g/mol. The van der Waals surface area contributed by atoms with Crippen molar-refractivity contribution < 1.29 is 4.74 Å². The zero-order chi connectivity index (χ0) is 12.4. The summed E-state index contributed by atoms with van der Waals surface area (Å²) < 4.78 is 8.50. The summed E-state index contributed by atoms with van der Waals surface area (Å²) in [7, 11) is 0. The quantitative estimate of drug-likeness (QED) is 0.840. The van der Waals surface area contributed by atoms with Crippen LogP contribution in [-0.2, 0) is 11.3 Å². The first-order chi connectivity index (χ1) is 8.11. The standard InChI is InChI=1S/C11H20N4OS/c1-4-5-15-10(12-13-11(15)17)14-6-8(2)16-9(3)7-14/h8-9H,4-7H2,1-3H3,(H,13,17). The van der Waals surface area contributed by atoms with Crippen molar-refractivity contribution in [2.45, 2.75) is 45.9 Å². The van der Waals surface area contributed by atoms with E-state index in [-0.39, 0.29) is 12.2 Å². The Labute approximate surface area is 107 Å². The molecule has 17 heavy (non-hydrogen) atoms. The second-order valence-corrected chi connectivity index (χ2v) is 5.03. The Morgan fingerprint density at radius 2 is 2.06 bits per heavy atom. The molecule has 0 spiro atoms. The van der Waals surface area contributed by atoms with Crippen molar-refractivity contribution in [2.75, 3.05) is 18.0 Å². The van der Waals surface area contributed by atoms with Gasteiger partial charge in [-0.1, -0.05) is 6.92 Å². The first kappa shape index (κ1) is 12.6. The highest BCUT2D eigenvalue weighted by atomic mass is 32.1. The van der Waals surface area contributed by atoms with Crippen molar-refractivity contribution >= 4 is 18.2 Å². The number of H-pyrrole nitrogens is 1. The molecule has 0 bridgehead atoms. The minimum atomic E-state index is 0.235. The molecule has 0 saturated carbocycles. The summed E-state index contributed by atoms with van der Waals surface area (Å²) >= 11 is 5.25. The van der Waals surface area contributed by atoms with Gasteiger partial charge in [-0.2, -0.15) is 0 Å². The Morgan fingerprint density at radius 1 is 1.41 bits per heavy atom. The fourth-order valence-electron chi connectivity index (χ4n) is 2.32. The monoisotopic (exact) mass is 256 g/mol. The topological polar surface area (TPSA) is 46.1 Å². The Morgan fingerprint density at radius 3 is 2.65 bits per heavy atom. The van der Waals surface area contributed by atoms with E-state index < -0.39 is 0 Å². The number of hydrogen-bond donors (Lipinski definition) is 1. The molecule has 96 valence electrons. The summed E-state index contributed by atoms with van der Waals surface area (Å²) in [5.41, 5.74) is 0. The third-order valence-corrected chi connectivity index (χ3v) is 3.20. The Bertz CT molecular complexity index is 417. The highest BCUT2D eigenvalue weighted by Gasteiger charge is 2.25. The van der Waals surface area contributed by atoms with Crippen molar-refractivity contribution in [1.29, 1.82) is 0 Å². The van der Waals surface area contributed by atoms with Crippen LogP contribution in [0.4, 0.5) is 5.95 Å². The second-order valence-electron chi connectivity index (χ2n) is 4.64. The van der Waals surface area contributed by atoms with Gasteiger partial charge in [-0.15, -0.1) is 5.10 Å². The lowest BCUT2D eigenvalue weighted by atomic mass is 10.2. The van der Waals surface area contributed by atoms with Crippen LogP contribution >= 0.6 is 12.2 Å². The lowest BCUT2D eigenvalue weighted by Gasteiger charge is -2.35. The van der Waals surface area contributed by atoms with Gasteiger partial charge in [-0.25, -0.2) is 5.10 Å². The average molecular weight is 256 g/mol. The van der Waals surface area contributed by atoms with Gasteiger partial charge in [-0.05, 0) is 32.5 Å². The summed E-state index contributed by atoms with van der Waals surface area (Å²) in [6.45, 7) is 8.97. The fourth-order valence-corrected chi connectivity index (χ4v) is 2.54. The number of ether oxygens (including phenoxy) is 1. The summed E-state index contributed by atoms with van der Waals surface area (Å²) in [5.74, 6) is 0.943. The first-order valence-electron chi connectivity index (χ1n) is 6.17. The van der Waals surface area contributed by atoms with Gasteiger partial charge >= 0.3 is 0 Å². The van der Waals surface area contributed by atoms with Crippen molar-refractivity contribution in [3.63, 3.8) is 0 Å². The van der Waals surface area contributed by atoms with E-state index in [2.05, 4.69) is 40.4 Å². The number of nitrogens with zero attached hydrogens (tertiary/aromatic N) is 3. The van der Waals surface area contributed by atoms with E-state index in [0.717, 1.165) is 32.0 Å². The molecule has 0 radical (unpaired) electrons. The number of aromatic nitrogens is 3. The van der Waals surface area contributed by atoms with E-state index in [1.54, 1.807) is 0 Å². The van der Waals surface area contributed by atoms with E-state index in [9.17, 15) is 0 Å². The normalized spacial score (nSPS) is 25.2. The van der Waals surface area contributed by atoms with Gasteiger partial charge in [0.05, 0.1) is 12.2 Å². The summed E-state index contributed by atoms with van der Waals surface area (Å²) in [6.07, 6.45) is 1.52. The molecule has 0 aromatic carbocycles. The van der Waals surface area contributed by atoms with Gasteiger partial charge in [0.1, 0.15) is 0 Å². The van der Waals surface area contributed by atoms with Gasteiger partial charge in [0, 0.05) is 19.6 Å². The molecule has 2 heterocycles. The average Bonchev–Trinajstić information content (AvgIpc) is 2.60. The number of aromatic amines is 1. The van der Waals surface area contributed by atoms with Crippen LogP contribution in [-0.4, -0.2) is 40.1 Å². The van der Waals surface area contributed by atoms with E-state index in [1.165, 1.54) is 0 Å². The van der Waals surface area contributed by atoms with Gasteiger partial charge in [0.2, 0.25) is 5.95 Å². The maximum Gasteiger partial charge on any atom is 0.225 e. The molecule has 2 unspecified atom stereocenters. The molecule has 2 atom stereocenters. The Hall–Kier alpha value is -0.880. The van der Waals surface area contributed by atoms with E-state index >= 15 is 0 Å². The summed E-state index contributed by atoms with van der Waals surface area (Å²) in [5, 5.41) is 7.23. The molecule has 0 aliphatic carbocycles. The third-order valence-electron chi connectivity index (χ3n) is 2.89. The van der Waals surface area contributed by atoms with Crippen molar-refractivity contribution in [1.82, 2.24) is 14.8 Å². The van der Waals surface area contributed by atoms with Gasteiger partial charge in [0.15, 0.2) is 4.77 Å². The molecule has 0 amide bonds. The first-order valence-corrected chi connectivity index (χ1v) is 6.58. The molecule has 1 aliphatic heterocycles. The maximum absolute atomic E-state index is 5.73. The van der Waals surface area contributed by atoms with Crippen LogP contribution in [0, 0.1) is 4.77 Å². The predicted molar refractivity (Wildman–Crippen MR) is 69.9 cm³/mol. The molecule has 1 fully saturated rings. The lowest BCUT2D eigenvalue weighted by Crippen LogP contribution is -2.46. The van der Waals surface area contributed by atoms with Crippen LogP contribution in [0.3, 0.4) is 0 Å². The number of hydrogen-bond acceptors (Lipinski definition) is 4. The van der Waals surface area contributed by atoms with Crippen LogP contribution in [0.2, 0.25) is 0 Å². The molecule has 1 aliphatic rings. The highest BCUT2D eigenvalue weighted by Crippen LogP contribution is 2.18. The molecular formula is C11H20N4OS. The molecule has 5 nitrogen and oxygen atoms in total. The molecule has 1 aromatic heterocycles. The van der Waals surface area contributed by atoms with Crippen LogP contribution < -0.4 is 4.90 Å². The van der Waals surface area contributed by atoms with Crippen LogP contribution in [0.25, 0.3) is 0 Å². The van der Waals surface area contributed by atoms with E-state index in [1.807, 2.05) is 0 Å². The molecule has 2 rings (SSSR count). The highest BCUT2D eigenvalue weighted by molar-refractivity contribution is 7.71. The predicted octanol–water partition coefficient (Wildman–Crippen LogP) is 1.96. The van der Waals surface area contributed by atoms with Gasteiger partial charge in [-0.3, -0.25) is 4.57 Å². The summed E-state index contributed by atoms with van der Waals surface area (Å²) in [6, 6.07) is 0. The zero-order valence-electron chi connectivity index (χ0n) is 10.6. The molecule has 1 N–H and O–H groups in total. The fraction of sp³-hybridized carbons (Fsp3) is 0.818. The minimum Gasteiger partial charge on any atom is -0.372 e. The zero-order valence-corrected chi connectivity index (χ0v) is 11.5. The van der Waals surface area contributed by atoms with Crippen molar-refractivity contribution in [2.24, 2.45) is 0 Å². The number of rotatable bonds is 3. The number of morpholine rings is 1. The minimum absolute atomic E-state index is 0.235. The van der Waals surface area contributed by atoms with Crippen LogP contribution in [0.5, 0.6) is 0 Å². The van der Waals surface area contributed by atoms with E-state index in [4.69, 9.17) is 17.0 Å². The smallest absolute Gasteiger partial charge is 0.225 e. The maximum atomic E-state index is 5.73. The van der Waals surface area contributed by atoms with Crippen LogP contribution in [0.1, 0.15) is 27.2 Å². The number of nitrogens with one attached hydrogen (secondary N) is 1. The van der Waals surface area contributed by atoms with Gasteiger partial charge < -0.3 is 9.64 Å². The molecule has 1 saturated heterocycles. The Kier molecular flexibility index (Phi) is 3.83. The Balaban J connectivity index is 2.24. The largest absolute Gasteiger partial charge is 0.372 e. The second kappa shape index (κ2) is 5.18.